The average molecular weight is 297 g/mol. The number of hydrogen-bond acceptors (Lipinski definition) is 2. The van der Waals surface area contributed by atoms with Crippen molar-refractivity contribution < 1.29 is 0 Å². The van der Waals surface area contributed by atoms with Gasteiger partial charge in [-0.2, -0.15) is 0 Å². The molecule has 0 fully saturated rings. The van der Waals surface area contributed by atoms with Gasteiger partial charge in [0.25, 0.3) is 0 Å². The Bertz CT molecular complexity index is 392. The molecule has 2 nitrogen and oxygen atoms in total. The highest BCUT2D eigenvalue weighted by Crippen LogP contribution is 2.15. The van der Waals surface area contributed by atoms with Crippen LogP contribution in [-0.4, -0.2) is 30.1 Å². The van der Waals surface area contributed by atoms with Gasteiger partial charge in [0.15, 0.2) is 0 Å². The molecule has 0 radical (unpaired) electrons. The van der Waals surface area contributed by atoms with E-state index in [9.17, 15) is 0 Å². The highest BCUT2D eigenvalue weighted by atomic mass is 35.5. The molecule has 0 heterocycles. The van der Waals surface area contributed by atoms with E-state index in [1.165, 1.54) is 5.56 Å². The summed E-state index contributed by atoms with van der Waals surface area (Å²) in [6.45, 7) is 13.2. The van der Waals surface area contributed by atoms with Crippen molar-refractivity contribution in [3.05, 3.63) is 34.9 Å². The topological polar surface area (TPSA) is 15.3 Å². The molecule has 1 atom stereocenters. The van der Waals surface area contributed by atoms with Crippen LogP contribution >= 0.6 is 11.6 Å². The Hall–Kier alpha value is -0.570. The SMILES string of the molecule is CC(C)C(CNC(C)(C)C)N(C)Cc1ccc(Cl)cc1. The van der Waals surface area contributed by atoms with Gasteiger partial charge < -0.3 is 5.32 Å². The van der Waals surface area contributed by atoms with E-state index in [0.717, 1.165) is 18.1 Å². The van der Waals surface area contributed by atoms with E-state index in [4.69, 9.17) is 11.6 Å². The summed E-state index contributed by atoms with van der Waals surface area (Å²) in [5.41, 5.74) is 1.46. The van der Waals surface area contributed by atoms with Crippen molar-refractivity contribution in [3.63, 3.8) is 0 Å². The summed E-state index contributed by atoms with van der Waals surface area (Å²) in [5, 5.41) is 4.41. The number of halogens is 1. The first-order valence-corrected chi connectivity index (χ1v) is 7.76. The first kappa shape index (κ1) is 17.5. The van der Waals surface area contributed by atoms with Crippen LogP contribution in [0.1, 0.15) is 40.2 Å². The fraction of sp³-hybridized carbons (Fsp3) is 0.647. The lowest BCUT2D eigenvalue weighted by Gasteiger charge is -2.34. The standard InChI is InChI=1S/C17H29ClN2/c1-13(2)16(11-19-17(3,4)5)20(6)12-14-7-9-15(18)10-8-14/h7-10,13,16,19H,11-12H2,1-6H3. The van der Waals surface area contributed by atoms with E-state index in [1.54, 1.807) is 0 Å². The lowest BCUT2D eigenvalue weighted by atomic mass is 10.00. The highest BCUT2D eigenvalue weighted by molar-refractivity contribution is 6.30. The summed E-state index contributed by atoms with van der Waals surface area (Å²) in [6.07, 6.45) is 0. The Kier molecular flexibility index (Phi) is 6.50. The van der Waals surface area contributed by atoms with Crippen LogP contribution in [0.25, 0.3) is 0 Å². The summed E-state index contributed by atoms with van der Waals surface area (Å²) < 4.78 is 0. The molecule has 114 valence electrons. The van der Waals surface area contributed by atoms with E-state index in [0.29, 0.717) is 12.0 Å². The summed E-state index contributed by atoms with van der Waals surface area (Å²) >= 11 is 5.94. The maximum absolute atomic E-state index is 5.94. The van der Waals surface area contributed by atoms with Gasteiger partial charge in [0.2, 0.25) is 0 Å². The third-order valence-corrected chi connectivity index (χ3v) is 3.77. The molecular weight excluding hydrogens is 268 g/mol. The summed E-state index contributed by atoms with van der Waals surface area (Å²) in [6, 6.07) is 8.65. The molecule has 0 amide bonds. The van der Waals surface area contributed by atoms with Gasteiger partial charge in [0.05, 0.1) is 0 Å². The fourth-order valence-corrected chi connectivity index (χ4v) is 2.43. The Morgan fingerprint density at radius 2 is 1.70 bits per heavy atom. The molecule has 1 N–H and O–H groups in total. The second-order valence-corrected chi connectivity index (χ2v) is 7.42. The third-order valence-electron chi connectivity index (χ3n) is 3.52. The maximum atomic E-state index is 5.94. The first-order chi connectivity index (χ1) is 9.19. The van der Waals surface area contributed by atoms with Gasteiger partial charge in [-0.3, -0.25) is 4.90 Å². The van der Waals surface area contributed by atoms with Gasteiger partial charge in [-0.05, 0) is 51.4 Å². The van der Waals surface area contributed by atoms with Crippen molar-refractivity contribution in [1.29, 1.82) is 0 Å². The zero-order chi connectivity index (χ0) is 15.3. The van der Waals surface area contributed by atoms with Gasteiger partial charge in [-0.15, -0.1) is 0 Å². The number of likely N-dealkylation sites (N-methyl/N-ethyl adjacent to an activating group) is 1. The van der Waals surface area contributed by atoms with E-state index in [1.807, 2.05) is 12.1 Å². The second kappa shape index (κ2) is 7.44. The molecule has 0 saturated heterocycles. The number of nitrogens with one attached hydrogen (secondary N) is 1. The first-order valence-electron chi connectivity index (χ1n) is 7.39. The Labute approximate surface area is 129 Å². The molecule has 1 rings (SSSR count). The highest BCUT2D eigenvalue weighted by Gasteiger charge is 2.21. The van der Waals surface area contributed by atoms with Crippen LogP contribution in [0.4, 0.5) is 0 Å². The predicted octanol–water partition coefficient (Wildman–Crippen LogP) is 4.18. The van der Waals surface area contributed by atoms with Gasteiger partial charge in [-0.25, -0.2) is 0 Å². The van der Waals surface area contributed by atoms with Crippen LogP contribution in [0, 0.1) is 5.92 Å². The molecule has 0 aliphatic carbocycles. The Morgan fingerprint density at radius 3 is 2.15 bits per heavy atom. The smallest absolute Gasteiger partial charge is 0.0406 e. The predicted molar refractivity (Wildman–Crippen MR) is 89.3 cm³/mol. The monoisotopic (exact) mass is 296 g/mol. The molecule has 1 unspecified atom stereocenters. The van der Waals surface area contributed by atoms with Gasteiger partial charge >= 0.3 is 0 Å². The number of rotatable bonds is 6. The zero-order valence-corrected chi connectivity index (χ0v) is 14.5. The molecule has 1 aromatic carbocycles. The molecule has 0 aliphatic heterocycles. The Morgan fingerprint density at radius 1 is 1.15 bits per heavy atom. The third kappa shape index (κ3) is 6.25. The molecule has 0 bridgehead atoms. The quantitative estimate of drug-likeness (QED) is 0.847. The Balaban J connectivity index is 2.64. The summed E-state index contributed by atoms with van der Waals surface area (Å²) in [7, 11) is 2.20. The number of nitrogens with zero attached hydrogens (tertiary/aromatic N) is 1. The minimum absolute atomic E-state index is 0.161. The summed E-state index contributed by atoms with van der Waals surface area (Å²) in [5.74, 6) is 0.613. The van der Waals surface area contributed by atoms with Crippen molar-refractivity contribution in [2.45, 2.75) is 52.7 Å². The van der Waals surface area contributed by atoms with Crippen LogP contribution in [0.3, 0.4) is 0 Å². The molecule has 0 spiro atoms. The number of benzene rings is 1. The van der Waals surface area contributed by atoms with Crippen molar-refractivity contribution >= 4 is 11.6 Å². The largest absolute Gasteiger partial charge is 0.311 e. The van der Waals surface area contributed by atoms with Gasteiger partial charge in [0, 0.05) is 29.7 Å². The normalized spacial score (nSPS) is 14.1. The van der Waals surface area contributed by atoms with Crippen molar-refractivity contribution in [1.82, 2.24) is 10.2 Å². The zero-order valence-electron chi connectivity index (χ0n) is 13.7. The maximum Gasteiger partial charge on any atom is 0.0406 e. The molecular formula is C17H29ClN2. The summed E-state index contributed by atoms with van der Waals surface area (Å²) in [4.78, 5) is 2.42. The van der Waals surface area contributed by atoms with Crippen LogP contribution in [0.5, 0.6) is 0 Å². The lowest BCUT2D eigenvalue weighted by Crippen LogP contribution is -2.48. The van der Waals surface area contributed by atoms with E-state index in [-0.39, 0.29) is 5.54 Å². The van der Waals surface area contributed by atoms with Crippen LogP contribution in [-0.2, 0) is 6.54 Å². The molecule has 0 aromatic heterocycles. The van der Waals surface area contributed by atoms with Gasteiger partial charge in [-0.1, -0.05) is 37.6 Å². The van der Waals surface area contributed by atoms with Crippen molar-refractivity contribution in [3.8, 4) is 0 Å². The van der Waals surface area contributed by atoms with Crippen LogP contribution in [0.15, 0.2) is 24.3 Å². The molecule has 3 heteroatoms. The molecule has 0 saturated carbocycles. The number of hydrogen-bond donors (Lipinski definition) is 1. The van der Waals surface area contributed by atoms with Crippen molar-refractivity contribution in [2.24, 2.45) is 5.92 Å². The van der Waals surface area contributed by atoms with E-state index >= 15 is 0 Å². The fourth-order valence-electron chi connectivity index (χ4n) is 2.31. The van der Waals surface area contributed by atoms with Crippen LogP contribution in [0.2, 0.25) is 5.02 Å². The molecule has 20 heavy (non-hydrogen) atoms. The van der Waals surface area contributed by atoms with Crippen LogP contribution < -0.4 is 5.32 Å². The average Bonchev–Trinajstić information content (AvgIpc) is 2.30. The molecule has 1 aromatic rings. The minimum Gasteiger partial charge on any atom is -0.311 e. The lowest BCUT2D eigenvalue weighted by molar-refractivity contribution is 0.169. The molecule has 0 aliphatic rings. The van der Waals surface area contributed by atoms with E-state index < -0.39 is 0 Å². The van der Waals surface area contributed by atoms with Gasteiger partial charge in [0.1, 0.15) is 0 Å². The minimum atomic E-state index is 0.161. The second-order valence-electron chi connectivity index (χ2n) is 6.98. The van der Waals surface area contributed by atoms with E-state index in [2.05, 4.69) is 64.0 Å². The van der Waals surface area contributed by atoms with Crippen molar-refractivity contribution in [2.75, 3.05) is 13.6 Å².